The van der Waals surface area contributed by atoms with E-state index < -0.39 is 26.3 Å². The average Bonchev–Trinajstić information content (AvgIpc) is 2.18. The highest BCUT2D eigenvalue weighted by Gasteiger charge is 2.29. The van der Waals surface area contributed by atoms with E-state index in [4.69, 9.17) is 5.73 Å². The summed E-state index contributed by atoms with van der Waals surface area (Å²) in [5, 5.41) is 0. The van der Waals surface area contributed by atoms with Gasteiger partial charge in [0.25, 0.3) is 0 Å². The highest BCUT2D eigenvalue weighted by Crippen LogP contribution is 2.16. The van der Waals surface area contributed by atoms with Gasteiger partial charge in [-0.1, -0.05) is 12.1 Å². The first kappa shape index (κ1) is 14.1. The largest absolute Gasteiger partial charge is 0.313 e. The van der Waals surface area contributed by atoms with Crippen LogP contribution in [0.4, 0.5) is 8.78 Å². The number of aryl methyl sites for hydroxylation is 1. The summed E-state index contributed by atoms with van der Waals surface area (Å²) in [6.45, 7) is 2.73. The molecule has 0 heterocycles. The Morgan fingerprint density at radius 3 is 2.41 bits per heavy atom. The summed E-state index contributed by atoms with van der Waals surface area (Å²) in [5.74, 6) is -2.29. The minimum Gasteiger partial charge on any atom is -0.313 e. The molecule has 0 fully saturated rings. The van der Waals surface area contributed by atoms with Crippen LogP contribution in [0.5, 0.6) is 0 Å². The van der Waals surface area contributed by atoms with Crippen LogP contribution in [0.2, 0.25) is 0 Å². The fraction of sp³-hybridized carbons (Fsp3) is 0.455. The zero-order chi connectivity index (χ0) is 13.3. The van der Waals surface area contributed by atoms with Gasteiger partial charge in [-0.05, 0) is 31.9 Å². The Balaban J connectivity index is 2.86. The van der Waals surface area contributed by atoms with Gasteiger partial charge in [-0.3, -0.25) is 0 Å². The number of nitrogens with two attached hydrogens (primary N) is 1. The second-order valence-electron chi connectivity index (χ2n) is 4.39. The first-order valence-electron chi connectivity index (χ1n) is 5.09. The fourth-order valence-corrected chi connectivity index (χ4v) is 2.26. The Morgan fingerprint density at radius 2 is 1.88 bits per heavy atom. The van der Waals surface area contributed by atoms with Crippen molar-refractivity contribution in [2.24, 2.45) is 5.73 Å². The molecule has 17 heavy (non-hydrogen) atoms. The molecule has 0 spiro atoms. The summed E-state index contributed by atoms with van der Waals surface area (Å²) in [6, 6.07) is 3.69. The number of hydrogen-bond acceptors (Lipinski definition) is 3. The van der Waals surface area contributed by atoms with Crippen LogP contribution in [-0.4, -0.2) is 19.0 Å². The molecule has 0 saturated heterocycles. The zero-order valence-electron chi connectivity index (χ0n) is 9.70. The predicted molar refractivity (Wildman–Crippen MR) is 62.1 cm³/mol. The molecule has 0 radical (unpaired) electrons. The minimum absolute atomic E-state index is 0.0397. The second-order valence-corrected chi connectivity index (χ2v) is 7.08. The van der Waals surface area contributed by atoms with E-state index in [0.717, 1.165) is 6.07 Å². The summed E-state index contributed by atoms with van der Waals surface area (Å²) < 4.78 is 49.5. The first-order chi connectivity index (χ1) is 7.65. The molecule has 0 bridgehead atoms. The number of rotatable bonds is 4. The Hall–Kier alpha value is -1.01. The quantitative estimate of drug-likeness (QED) is 0.898. The normalized spacial score (nSPS) is 12.8. The molecule has 0 atom stereocenters. The van der Waals surface area contributed by atoms with E-state index in [1.54, 1.807) is 0 Å². The molecule has 1 aromatic carbocycles. The topological polar surface area (TPSA) is 60.2 Å². The number of sulfone groups is 1. The Morgan fingerprint density at radius 1 is 1.29 bits per heavy atom. The SMILES string of the molecule is CC(C)(N)S(=O)(=O)CCc1cccc(F)c1F. The molecule has 0 aliphatic rings. The van der Waals surface area contributed by atoms with Gasteiger partial charge in [0.2, 0.25) is 0 Å². The lowest BCUT2D eigenvalue weighted by Crippen LogP contribution is -2.43. The van der Waals surface area contributed by atoms with Gasteiger partial charge in [0.05, 0.1) is 5.75 Å². The van der Waals surface area contributed by atoms with Crippen molar-refractivity contribution in [2.45, 2.75) is 25.1 Å². The van der Waals surface area contributed by atoms with Crippen molar-refractivity contribution in [2.75, 3.05) is 5.75 Å². The molecule has 3 nitrogen and oxygen atoms in total. The van der Waals surface area contributed by atoms with E-state index in [2.05, 4.69) is 0 Å². The van der Waals surface area contributed by atoms with E-state index in [1.165, 1.54) is 26.0 Å². The van der Waals surface area contributed by atoms with Gasteiger partial charge in [0.1, 0.15) is 4.87 Å². The lowest BCUT2D eigenvalue weighted by molar-refractivity contribution is 0.499. The van der Waals surface area contributed by atoms with Crippen molar-refractivity contribution in [3.63, 3.8) is 0 Å². The van der Waals surface area contributed by atoms with Gasteiger partial charge in [0.15, 0.2) is 21.5 Å². The van der Waals surface area contributed by atoms with Gasteiger partial charge in [-0.25, -0.2) is 17.2 Å². The van der Waals surface area contributed by atoms with Gasteiger partial charge in [0, 0.05) is 0 Å². The molecule has 96 valence electrons. The Labute approximate surface area is 99.6 Å². The molecule has 1 aromatic rings. The Bertz CT molecular complexity index is 507. The van der Waals surface area contributed by atoms with E-state index in [9.17, 15) is 17.2 Å². The highest BCUT2D eigenvalue weighted by molar-refractivity contribution is 7.92. The van der Waals surface area contributed by atoms with E-state index >= 15 is 0 Å². The summed E-state index contributed by atoms with van der Waals surface area (Å²) in [6.07, 6.45) is -0.0907. The van der Waals surface area contributed by atoms with Crippen LogP contribution in [0.25, 0.3) is 0 Å². The maximum atomic E-state index is 13.3. The van der Waals surface area contributed by atoms with Gasteiger partial charge in [-0.15, -0.1) is 0 Å². The first-order valence-corrected chi connectivity index (χ1v) is 6.74. The number of halogens is 2. The number of hydrogen-bond donors (Lipinski definition) is 1. The molecular formula is C11H15F2NO2S. The monoisotopic (exact) mass is 263 g/mol. The van der Waals surface area contributed by atoms with Crippen LogP contribution in [0.1, 0.15) is 19.4 Å². The van der Waals surface area contributed by atoms with Gasteiger partial charge in [-0.2, -0.15) is 0 Å². The number of benzene rings is 1. The predicted octanol–water partition coefficient (Wildman–Crippen LogP) is 1.62. The molecule has 2 N–H and O–H groups in total. The highest BCUT2D eigenvalue weighted by atomic mass is 32.2. The van der Waals surface area contributed by atoms with Crippen LogP contribution in [0.3, 0.4) is 0 Å². The lowest BCUT2D eigenvalue weighted by Gasteiger charge is -2.19. The van der Waals surface area contributed by atoms with Crippen molar-refractivity contribution in [3.8, 4) is 0 Å². The maximum absolute atomic E-state index is 13.3. The van der Waals surface area contributed by atoms with Crippen molar-refractivity contribution in [1.82, 2.24) is 0 Å². The average molecular weight is 263 g/mol. The third-order valence-corrected chi connectivity index (χ3v) is 4.82. The zero-order valence-corrected chi connectivity index (χ0v) is 10.5. The third-order valence-electron chi connectivity index (χ3n) is 2.47. The maximum Gasteiger partial charge on any atom is 0.168 e. The fourth-order valence-electron chi connectivity index (χ4n) is 1.25. The van der Waals surface area contributed by atoms with Crippen LogP contribution in [0.15, 0.2) is 18.2 Å². The van der Waals surface area contributed by atoms with Crippen LogP contribution >= 0.6 is 0 Å². The Kier molecular flexibility index (Phi) is 3.88. The minimum atomic E-state index is -3.54. The molecule has 0 aromatic heterocycles. The van der Waals surface area contributed by atoms with E-state index in [0.29, 0.717) is 0 Å². The lowest BCUT2D eigenvalue weighted by atomic mass is 10.1. The molecule has 0 unspecified atom stereocenters. The van der Waals surface area contributed by atoms with Crippen LogP contribution in [0, 0.1) is 11.6 Å². The van der Waals surface area contributed by atoms with Crippen molar-refractivity contribution in [1.29, 1.82) is 0 Å². The van der Waals surface area contributed by atoms with Crippen molar-refractivity contribution in [3.05, 3.63) is 35.4 Å². The summed E-state index contributed by atoms with van der Waals surface area (Å²) in [7, 11) is -3.54. The van der Waals surface area contributed by atoms with Crippen molar-refractivity contribution < 1.29 is 17.2 Å². The molecule has 1 rings (SSSR count). The van der Waals surface area contributed by atoms with Crippen LogP contribution < -0.4 is 5.73 Å². The summed E-state index contributed by atoms with van der Waals surface area (Å²) in [4.78, 5) is -1.38. The summed E-state index contributed by atoms with van der Waals surface area (Å²) in [5.41, 5.74) is 5.53. The molecule has 6 heteroatoms. The van der Waals surface area contributed by atoms with Gasteiger partial charge >= 0.3 is 0 Å². The van der Waals surface area contributed by atoms with Crippen molar-refractivity contribution >= 4 is 9.84 Å². The van der Waals surface area contributed by atoms with E-state index in [1.807, 2.05) is 0 Å². The molecular weight excluding hydrogens is 248 g/mol. The standard InChI is InChI=1S/C11H15F2NO2S/c1-11(2,14)17(15,16)7-6-8-4-3-5-9(12)10(8)13/h3-5H,6-7,14H2,1-2H3. The van der Waals surface area contributed by atoms with Crippen LogP contribution in [-0.2, 0) is 16.3 Å². The molecule has 0 aliphatic carbocycles. The molecule has 0 saturated carbocycles. The molecule has 0 amide bonds. The summed E-state index contributed by atoms with van der Waals surface area (Å²) >= 11 is 0. The van der Waals surface area contributed by atoms with E-state index in [-0.39, 0.29) is 17.7 Å². The smallest absolute Gasteiger partial charge is 0.168 e. The molecule has 0 aliphatic heterocycles. The van der Waals surface area contributed by atoms with Gasteiger partial charge < -0.3 is 5.73 Å². The third kappa shape index (κ3) is 3.23. The second kappa shape index (κ2) is 4.70.